The summed E-state index contributed by atoms with van der Waals surface area (Å²) >= 11 is 0. The van der Waals surface area contributed by atoms with Crippen molar-refractivity contribution in [3.63, 3.8) is 0 Å². The second kappa shape index (κ2) is 5.59. The minimum absolute atomic E-state index is 0.135. The Hall–Kier alpha value is -1.95. The Labute approximate surface area is 104 Å². The molecular weight excluding hydrogens is 232 g/mol. The fourth-order valence-corrected chi connectivity index (χ4v) is 1.67. The van der Waals surface area contributed by atoms with Crippen molar-refractivity contribution in [3.05, 3.63) is 23.8 Å². The maximum absolute atomic E-state index is 11.9. The average molecular weight is 248 g/mol. The monoisotopic (exact) mass is 248 g/mol. The number of benzene rings is 1. The van der Waals surface area contributed by atoms with Crippen LogP contribution in [0.5, 0.6) is 0 Å². The van der Waals surface area contributed by atoms with Crippen LogP contribution in [0.1, 0.15) is 23.7 Å². The zero-order valence-corrected chi connectivity index (χ0v) is 10.2. The molecule has 2 rings (SSSR count). The van der Waals surface area contributed by atoms with Crippen molar-refractivity contribution >= 4 is 16.9 Å². The largest absolute Gasteiger partial charge is 0.396 e. The molecule has 0 aliphatic rings. The van der Waals surface area contributed by atoms with E-state index in [9.17, 15) is 4.79 Å². The maximum atomic E-state index is 11.9. The standard InChI is InChI=1S/C12H16N4O2/c1-8(4-5-17)7-13-12(18)9-2-3-10-11(6-9)15-16-14-10/h2-3,6,8,17H,4-5,7H2,1H3,(H,13,18)(H,14,15,16). The van der Waals surface area contributed by atoms with Gasteiger partial charge in [-0.15, -0.1) is 0 Å². The van der Waals surface area contributed by atoms with Crippen LogP contribution in [0.3, 0.4) is 0 Å². The van der Waals surface area contributed by atoms with E-state index in [-0.39, 0.29) is 18.4 Å². The number of hydrogen-bond donors (Lipinski definition) is 3. The fourth-order valence-electron chi connectivity index (χ4n) is 1.67. The molecule has 1 aromatic heterocycles. The van der Waals surface area contributed by atoms with Crippen LogP contribution in [-0.2, 0) is 0 Å². The summed E-state index contributed by atoms with van der Waals surface area (Å²) in [5.74, 6) is 0.124. The van der Waals surface area contributed by atoms with Gasteiger partial charge < -0.3 is 10.4 Å². The van der Waals surface area contributed by atoms with E-state index in [4.69, 9.17) is 5.11 Å². The molecule has 0 radical (unpaired) electrons. The van der Waals surface area contributed by atoms with E-state index in [0.717, 1.165) is 5.52 Å². The van der Waals surface area contributed by atoms with Gasteiger partial charge in [-0.3, -0.25) is 4.79 Å². The average Bonchev–Trinajstić information content (AvgIpc) is 2.83. The van der Waals surface area contributed by atoms with Gasteiger partial charge in [-0.2, -0.15) is 15.4 Å². The molecule has 2 aromatic rings. The highest BCUT2D eigenvalue weighted by Crippen LogP contribution is 2.10. The third-order valence-electron chi connectivity index (χ3n) is 2.81. The second-order valence-corrected chi connectivity index (χ2v) is 4.35. The topological polar surface area (TPSA) is 90.9 Å². The van der Waals surface area contributed by atoms with Crippen molar-refractivity contribution in [3.8, 4) is 0 Å². The molecule has 0 spiro atoms. The number of nitrogens with one attached hydrogen (secondary N) is 2. The highest BCUT2D eigenvalue weighted by Gasteiger charge is 2.09. The Kier molecular flexibility index (Phi) is 3.88. The molecule has 6 heteroatoms. The van der Waals surface area contributed by atoms with Crippen molar-refractivity contribution in [2.75, 3.05) is 13.2 Å². The van der Waals surface area contributed by atoms with Crippen LogP contribution in [0.15, 0.2) is 18.2 Å². The lowest BCUT2D eigenvalue weighted by Gasteiger charge is -2.10. The number of nitrogens with zero attached hydrogens (tertiary/aromatic N) is 2. The van der Waals surface area contributed by atoms with Crippen LogP contribution in [0.4, 0.5) is 0 Å². The molecule has 1 heterocycles. The Morgan fingerprint density at radius 3 is 3.00 bits per heavy atom. The van der Waals surface area contributed by atoms with E-state index in [1.807, 2.05) is 6.92 Å². The lowest BCUT2D eigenvalue weighted by molar-refractivity contribution is 0.0945. The van der Waals surface area contributed by atoms with E-state index >= 15 is 0 Å². The zero-order valence-electron chi connectivity index (χ0n) is 10.2. The van der Waals surface area contributed by atoms with Gasteiger partial charge in [-0.05, 0) is 30.5 Å². The summed E-state index contributed by atoms with van der Waals surface area (Å²) in [6, 6.07) is 5.17. The summed E-state index contributed by atoms with van der Waals surface area (Å²) in [5.41, 5.74) is 1.97. The Bertz CT molecular complexity index is 538. The Morgan fingerprint density at radius 2 is 2.22 bits per heavy atom. The lowest BCUT2D eigenvalue weighted by atomic mass is 10.1. The number of aliphatic hydroxyl groups excluding tert-OH is 1. The quantitative estimate of drug-likeness (QED) is 0.726. The van der Waals surface area contributed by atoms with Crippen molar-refractivity contribution < 1.29 is 9.90 Å². The van der Waals surface area contributed by atoms with Crippen LogP contribution in [0, 0.1) is 5.92 Å². The van der Waals surface area contributed by atoms with Gasteiger partial charge in [0, 0.05) is 18.7 Å². The Balaban J connectivity index is 1.99. The third-order valence-corrected chi connectivity index (χ3v) is 2.81. The van der Waals surface area contributed by atoms with Crippen LogP contribution in [0.25, 0.3) is 11.0 Å². The van der Waals surface area contributed by atoms with Crippen LogP contribution >= 0.6 is 0 Å². The minimum atomic E-state index is -0.135. The molecule has 0 aliphatic carbocycles. The van der Waals surface area contributed by atoms with E-state index in [2.05, 4.69) is 20.7 Å². The van der Waals surface area contributed by atoms with Crippen molar-refractivity contribution in [2.24, 2.45) is 5.92 Å². The number of hydrogen-bond acceptors (Lipinski definition) is 4. The number of fused-ring (bicyclic) bond motifs is 1. The number of aromatic amines is 1. The highest BCUT2D eigenvalue weighted by molar-refractivity contribution is 5.97. The van der Waals surface area contributed by atoms with E-state index < -0.39 is 0 Å². The molecule has 0 saturated carbocycles. The van der Waals surface area contributed by atoms with Gasteiger partial charge in [0.2, 0.25) is 0 Å². The van der Waals surface area contributed by atoms with Crippen LogP contribution in [-0.4, -0.2) is 39.6 Å². The summed E-state index contributed by atoms with van der Waals surface area (Å²) < 4.78 is 0. The summed E-state index contributed by atoms with van der Waals surface area (Å²) in [6.07, 6.45) is 0.683. The van der Waals surface area contributed by atoms with Crippen molar-refractivity contribution in [1.82, 2.24) is 20.7 Å². The summed E-state index contributed by atoms with van der Waals surface area (Å²) in [7, 11) is 0. The first kappa shape index (κ1) is 12.5. The molecule has 1 amide bonds. The predicted molar refractivity (Wildman–Crippen MR) is 67.1 cm³/mol. The summed E-state index contributed by atoms with van der Waals surface area (Å²) in [4.78, 5) is 11.9. The first-order chi connectivity index (χ1) is 8.70. The molecule has 1 atom stereocenters. The van der Waals surface area contributed by atoms with Gasteiger partial charge in [0.15, 0.2) is 0 Å². The molecule has 0 fully saturated rings. The van der Waals surface area contributed by atoms with Gasteiger partial charge >= 0.3 is 0 Å². The molecule has 0 saturated heterocycles. The molecular formula is C12H16N4O2. The van der Waals surface area contributed by atoms with E-state index in [0.29, 0.717) is 24.0 Å². The lowest BCUT2D eigenvalue weighted by Crippen LogP contribution is -2.28. The number of rotatable bonds is 5. The number of carbonyl (C=O) groups is 1. The number of amides is 1. The first-order valence-corrected chi connectivity index (χ1v) is 5.90. The molecule has 6 nitrogen and oxygen atoms in total. The number of aromatic nitrogens is 3. The predicted octanol–water partition coefficient (Wildman–Crippen LogP) is 0.706. The number of aliphatic hydroxyl groups is 1. The van der Waals surface area contributed by atoms with E-state index in [1.54, 1.807) is 18.2 Å². The summed E-state index contributed by atoms with van der Waals surface area (Å²) in [6.45, 7) is 2.68. The van der Waals surface area contributed by atoms with Gasteiger partial charge in [-0.25, -0.2) is 0 Å². The van der Waals surface area contributed by atoms with Crippen molar-refractivity contribution in [1.29, 1.82) is 0 Å². The van der Waals surface area contributed by atoms with Gasteiger partial charge in [0.1, 0.15) is 11.0 Å². The second-order valence-electron chi connectivity index (χ2n) is 4.35. The summed E-state index contributed by atoms with van der Waals surface area (Å²) in [5, 5.41) is 22.0. The zero-order chi connectivity index (χ0) is 13.0. The number of H-pyrrole nitrogens is 1. The third kappa shape index (κ3) is 2.84. The minimum Gasteiger partial charge on any atom is -0.396 e. The van der Waals surface area contributed by atoms with Gasteiger partial charge in [0.25, 0.3) is 5.91 Å². The first-order valence-electron chi connectivity index (χ1n) is 5.90. The normalized spacial score (nSPS) is 12.6. The Morgan fingerprint density at radius 1 is 1.44 bits per heavy atom. The van der Waals surface area contributed by atoms with Crippen LogP contribution < -0.4 is 5.32 Å². The molecule has 0 bridgehead atoms. The van der Waals surface area contributed by atoms with Gasteiger partial charge in [0.05, 0.1) is 0 Å². The van der Waals surface area contributed by atoms with E-state index in [1.165, 1.54) is 0 Å². The van der Waals surface area contributed by atoms with Gasteiger partial charge in [-0.1, -0.05) is 6.92 Å². The molecule has 1 unspecified atom stereocenters. The molecule has 3 N–H and O–H groups in total. The highest BCUT2D eigenvalue weighted by atomic mass is 16.3. The molecule has 0 aliphatic heterocycles. The van der Waals surface area contributed by atoms with Crippen molar-refractivity contribution in [2.45, 2.75) is 13.3 Å². The fraction of sp³-hybridized carbons (Fsp3) is 0.417. The smallest absolute Gasteiger partial charge is 0.251 e. The molecule has 96 valence electrons. The molecule has 18 heavy (non-hydrogen) atoms. The molecule has 1 aromatic carbocycles. The number of carbonyl (C=O) groups excluding carboxylic acids is 1. The SMILES string of the molecule is CC(CCO)CNC(=O)c1ccc2n[nH]nc2c1. The maximum Gasteiger partial charge on any atom is 0.251 e. The van der Waals surface area contributed by atoms with Crippen LogP contribution in [0.2, 0.25) is 0 Å².